The number of hydrogen-bond acceptors (Lipinski definition) is 2. The molecule has 0 radical (unpaired) electrons. The summed E-state index contributed by atoms with van der Waals surface area (Å²) in [6.07, 6.45) is 5.12. The van der Waals surface area contributed by atoms with Gasteiger partial charge in [0.15, 0.2) is 0 Å². The summed E-state index contributed by atoms with van der Waals surface area (Å²) in [4.78, 5) is 16.2. The fourth-order valence-electron chi connectivity index (χ4n) is 2.78. The molecule has 4 heteroatoms. The molecule has 2 rings (SSSR count). The molecule has 16 heavy (non-hydrogen) atoms. The summed E-state index contributed by atoms with van der Waals surface area (Å²) >= 11 is 5.84. The van der Waals surface area contributed by atoms with Crippen molar-refractivity contribution in [2.45, 2.75) is 44.0 Å². The van der Waals surface area contributed by atoms with Crippen LogP contribution in [0.25, 0.3) is 0 Å². The lowest BCUT2D eigenvalue weighted by Gasteiger charge is -2.32. The van der Waals surface area contributed by atoms with Crippen LogP contribution in [0.4, 0.5) is 0 Å². The highest BCUT2D eigenvalue weighted by Crippen LogP contribution is 2.21. The minimum absolute atomic E-state index is 0.0983. The number of nitrogens with zero attached hydrogens (tertiary/aromatic N) is 2. The first-order chi connectivity index (χ1) is 7.68. The van der Waals surface area contributed by atoms with Gasteiger partial charge in [0, 0.05) is 19.1 Å². The van der Waals surface area contributed by atoms with Gasteiger partial charge in [0.25, 0.3) is 0 Å². The smallest absolute Gasteiger partial charge is 0.240 e. The van der Waals surface area contributed by atoms with Gasteiger partial charge in [-0.1, -0.05) is 6.42 Å². The van der Waals surface area contributed by atoms with E-state index in [9.17, 15) is 4.79 Å². The molecular formula is C12H21ClN2O. The number of carbonyl (C=O) groups excluding carboxylic acids is 1. The Balaban J connectivity index is 1.85. The first-order valence-corrected chi connectivity index (χ1v) is 6.79. The van der Waals surface area contributed by atoms with Crippen LogP contribution in [0.1, 0.15) is 32.6 Å². The second-order valence-corrected chi connectivity index (χ2v) is 5.59. The fourth-order valence-corrected chi connectivity index (χ4v) is 2.91. The zero-order valence-corrected chi connectivity index (χ0v) is 10.7. The molecule has 0 spiro atoms. The van der Waals surface area contributed by atoms with Crippen LogP contribution < -0.4 is 0 Å². The van der Waals surface area contributed by atoms with Crippen LogP contribution in [0, 0.1) is 0 Å². The second-order valence-electron chi connectivity index (χ2n) is 4.94. The summed E-state index contributed by atoms with van der Waals surface area (Å²) < 4.78 is 0. The maximum atomic E-state index is 11.7. The Morgan fingerprint density at radius 1 is 1.25 bits per heavy atom. The number of likely N-dealkylation sites (tertiary alicyclic amines) is 2. The van der Waals surface area contributed by atoms with Gasteiger partial charge in [-0.25, -0.2) is 0 Å². The molecular weight excluding hydrogens is 224 g/mol. The number of hydrogen-bond donors (Lipinski definition) is 0. The Kier molecular flexibility index (Phi) is 4.09. The molecule has 2 unspecified atom stereocenters. The Hall–Kier alpha value is -0.280. The van der Waals surface area contributed by atoms with Crippen molar-refractivity contribution in [2.75, 3.05) is 26.2 Å². The third kappa shape index (κ3) is 2.69. The molecule has 2 saturated heterocycles. The molecule has 92 valence electrons. The Labute approximate surface area is 103 Å². The van der Waals surface area contributed by atoms with E-state index >= 15 is 0 Å². The van der Waals surface area contributed by atoms with E-state index in [2.05, 4.69) is 4.90 Å². The number of carbonyl (C=O) groups is 1. The average molecular weight is 245 g/mol. The summed E-state index contributed by atoms with van der Waals surface area (Å²) in [7, 11) is 0. The van der Waals surface area contributed by atoms with Crippen LogP contribution in [0.2, 0.25) is 0 Å². The summed E-state index contributed by atoms with van der Waals surface area (Å²) in [6, 6.07) is 0.583. The molecule has 0 aromatic rings. The normalized spacial score (nSPS) is 29.4. The fraction of sp³-hybridized carbons (Fsp3) is 0.917. The van der Waals surface area contributed by atoms with Gasteiger partial charge < -0.3 is 4.90 Å². The standard InChI is InChI=1S/C12H21ClN2O/c1-10(13)12(16)15-8-5-11(9-15)14-6-3-2-4-7-14/h10-11H,2-9H2,1H3. The van der Waals surface area contributed by atoms with Crippen molar-refractivity contribution in [1.29, 1.82) is 0 Å². The molecule has 2 atom stereocenters. The number of alkyl halides is 1. The van der Waals surface area contributed by atoms with Gasteiger partial charge in [-0.3, -0.25) is 9.69 Å². The quantitative estimate of drug-likeness (QED) is 0.691. The molecule has 2 aliphatic heterocycles. The van der Waals surface area contributed by atoms with Crippen molar-refractivity contribution in [1.82, 2.24) is 9.80 Å². The number of piperidine rings is 1. The number of amides is 1. The van der Waals surface area contributed by atoms with Crippen molar-refractivity contribution in [3.8, 4) is 0 Å². The van der Waals surface area contributed by atoms with Crippen LogP contribution >= 0.6 is 11.6 Å². The third-order valence-corrected chi connectivity index (χ3v) is 3.91. The van der Waals surface area contributed by atoms with Crippen molar-refractivity contribution in [3.63, 3.8) is 0 Å². The minimum atomic E-state index is -0.375. The third-order valence-electron chi connectivity index (χ3n) is 3.72. The van der Waals surface area contributed by atoms with Crippen LogP contribution in [0.15, 0.2) is 0 Å². The Bertz CT molecular complexity index is 251. The lowest BCUT2D eigenvalue weighted by molar-refractivity contribution is -0.129. The molecule has 3 nitrogen and oxygen atoms in total. The van der Waals surface area contributed by atoms with Gasteiger partial charge >= 0.3 is 0 Å². The van der Waals surface area contributed by atoms with Crippen LogP contribution in [-0.2, 0) is 4.79 Å². The van der Waals surface area contributed by atoms with Gasteiger partial charge in [-0.2, -0.15) is 0 Å². The maximum absolute atomic E-state index is 11.7. The van der Waals surface area contributed by atoms with E-state index in [4.69, 9.17) is 11.6 Å². The number of halogens is 1. The molecule has 0 saturated carbocycles. The van der Waals surface area contributed by atoms with Crippen molar-refractivity contribution >= 4 is 17.5 Å². The maximum Gasteiger partial charge on any atom is 0.240 e. The van der Waals surface area contributed by atoms with Crippen molar-refractivity contribution < 1.29 is 4.79 Å². The zero-order valence-electron chi connectivity index (χ0n) is 9.99. The molecule has 2 fully saturated rings. The molecule has 0 aromatic heterocycles. The van der Waals surface area contributed by atoms with Gasteiger partial charge in [0.1, 0.15) is 5.38 Å². The van der Waals surface area contributed by atoms with Crippen LogP contribution in [-0.4, -0.2) is 53.3 Å². The minimum Gasteiger partial charge on any atom is -0.340 e. The highest BCUT2D eigenvalue weighted by molar-refractivity contribution is 6.30. The molecule has 2 aliphatic rings. The molecule has 0 N–H and O–H groups in total. The summed E-state index contributed by atoms with van der Waals surface area (Å²) in [5.41, 5.74) is 0. The highest BCUT2D eigenvalue weighted by atomic mass is 35.5. The van der Waals surface area contributed by atoms with Gasteiger partial charge in [-0.15, -0.1) is 11.6 Å². The van der Waals surface area contributed by atoms with E-state index in [1.165, 1.54) is 32.4 Å². The lowest BCUT2D eigenvalue weighted by atomic mass is 10.1. The van der Waals surface area contributed by atoms with Gasteiger partial charge in [0.05, 0.1) is 0 Å². The van der Waals surface area contributed by atoms with Crippen molar-refractivity contribution in [3.05, 3.63) is 0 Å². The first kappa shape index (κ1) is 12.2. The SMILES string of the molecule is CC(Cl)C(=O)N1CCC(N2CCCCC2)C1. The molecule has 0 bridgehead atoms. The predicted octanol–water partition coefficient (Wildman–Crippen LogP) is 1.70. The largest absolute Gasteiger partial charge is 0.340 e. The highest BCUT2D eigenvalue weighted by Gasteiger charge is 2.31. The van der Waals surface area contributed by atoms with E-state index in [1.807, 2.05) is 4.90 Å². The lowest BCUT2D eigenvalue weighted by Crippen LogP contribution is -2.42. The monoisotopic (exact) mass is 244 g/mol. The molecule has 0 aliphatic carbocycles. The molecule has 0 aromatic carbocycles. The summed E-state index contributed by atoms with van der Waals surface area (Å²) in [5, 5.41) is -0.375. The van der Waals surface area contributed by atoms with E-state index in [1.54, 1.807) is 6.92 Å². The second kappa shape index (κ2) is 5.37. The van der Waals surface area contributed by atoms with Gasteiger partial charge in [0.2, 0.25) is 5.91 Å². The Morgan fingerprint density at radius 3 is 2.56 bits per heavy atom. The Morgan fingerprint density at radius 2 is 1.94 bits per heavy atom. The summed E-state index contributed by atoms with van der Waals surface area (Å²) in [6.45, 7) is 5.96. The van der Waals surface area contributed by atoms with Crippen molar-refractivity contribution in [2.24, 2.45) is 0 Å². The van der Waals surface area contributed by atoms with E-state index in [-0.39, 0.29) is 11.3 Å². The van der Waals surface area contributed by atoms with Gasteiger partial charge in [-0.05, 0) is 39.3 Å². The molecule has 2 heterocycles. The van der Waals surface area contributed by atoms with Crippen LogP contribution in [0.5, 0.6) is 0 Å². The zero-order chi connectivity index (χ0) is 11.5. The predicted molar refractivity (Wildman–Crippen MR) is 65.7 cm³/mol. The van der Waals surface area contributed by atoms with Crippen LogP contribution in [0.3, 0.4) is 0 Å². The average Bonchev–Trinajstić information content (AvgIpc) is 2.78. The van der Waals surface area contributed by atoms with E-state index in [0.29, 0.717) is 6.04 Å². The summed E-state index contributed by atoms with van der Waals surface area (Å²) in [5.74, 6) is 0.0983. The molecule has 1 amide bonds. The topological polar surface area (TPSA) is 23.6 Å². The van der Waals surface area contributed by atoms with E-state index in [0.717, 1.165) is 19.5 Å². The van der Waals surface area contributed by atoms with E-state index < -0.39 is 0 Å². The first-order valence-electron chi connectivity index (χ1n) is 6.35. The number of rotatable bonds is 2.